The molecule has 1 aliphatic rings. The van der Waals surface area contributed by atoms with Crippen LogP contribution in [0.15, 0.2) is 42.9 Å². The minimum absolute atomic E-state index is 0.680. The Balaban J connectivity index is 1.65. The van der Waals surface area contributed by atoms with Crippen LogP contribution in [0.4, 0.5) is 0 Å². The molecule has 0 aliphatic carbocycles. The van der Waals surface area contributed by atoms with Crippen molar-refractivity contribution in [1.82, 2.24) is 19.4 Å². The van der Waals surface area contributed by atoms with Crippen LogP contribution in [0.1, 0.15) is 24.1 Å². The van der Waals surface area contributed by atoms with E-state index in [4.69, 9.17) is 0 Å². The van der Waals surface area contributed by atoms with Crippen molar-refractivity contribution in [3.05, 3.63) is 54.1 Å². The van der Waals surface area contributed by atoms with Crippen molar-refractivity contribution in [2.45, 2.75) is 32.0 Å². The molecular formula is C18H26N4. The molecule has 0 spiro atoms. The molecule has 0 radical (unpaired) electrons. The number of aromatic nitrogens is 2. The van der Waals surface area contributed by atoms with Crippen molar-refractivity contribution >= 4 is 0 Å². The number of piperidine rings is 1. The van der Waals surface area contributed by atoms with E-state index in [1.807, 2.05) is 12.5 Å². The summed E-state index contributed by atoms with van der Waals surface area (Å²) in [5, 5.41) is 0. The third-order valence-electron chi connectivity index (χ3n) is 4.59. The van der Waals surface area contributed by atoms with Crippen LogP contribution in [0.5, 0.6) is 0 Å². The van der Waals surface area contributed by atoms with Crippen LogP contribution in [0.2, 0.25) is 0 Å². The van der Waals surface area contributed by atoms with Gasteiger partial charge in [0.15, 0.2) is 0 Å². The molecule has 4 nitrogen and oxygen atoms in total. The third kappa shape index (κ3) is 3.76. The number of nitrogens with zero attached hydrogens (tertiary/aromatic N) is 4. The average molecular weight is 298 g/mol. The maximum absolute atomic E-state index is 4.36. The highest BCUT2D eigenvalue weighted by atomic mass is 15.2. The zero-order valence-electron chi connectivity index (χ0n) is 13.7. The molecule has 1 aliphatic heterocycles. The van der Waals surface area contributed by atoms with Crippen LogP contribution in [-0.4, -0.2) is 52.6 Å². The quantitative estimate of drug-likeness (QED) is 0.847. The first-order valence-corrected chi connectivity index (χ1v) is 8.14. The predicted molar refractivity (Wildman–Crippen MR) is 89.8 cm³/mol. The molecule has 0 saturated carbocycles. The second-order valence-corrected chi connectivity index (χ2v) is 6.49. The van der Waals surface area contributed by atoms with Gasteiger partial charge in [-0.15, -0.1) is 0 Å². The Kier molecular flexibility index (Phi) is 4.90. The van der Waals surface area contributed by atoms with Gasteiger partial charge in [0.25, 0.3) is 0 Å². The second kappa shape index (κ2) is 7.07. The molecule has 0 N–H and O–H groups in total. The van der Waals surface area contributed by atoms with E-state index in [0.717, 1.165) is 19.6 Å². The van der Waals surface area contributed by atoms with E-state index in [2.05, 4.69) is 63.8 Å². The highest BCUT2D eigenvalue weighted by molar-refractivity contribution is 5.16. The minimum Gasteiger partial charge on any atom is -0.329 e. The van der Waals surface area contributed by atoms with E-state index in [9.17, 15) is 0 Å². The largest absolute Gasteiger partial charge is 0.329 e. The summed E-state index contributed by atoms with van der Waals surface area (Å²) in [7, 11) is 4.38. The highest BCUT2D eigenvalue weighted by Crippen LogP contribution is 2.17. The summed E-state index contributed by atoms with van der Waals surface area (Å²) in [6.07, 6.45) is 6.57. The molecule has 1 saturated heterocycles. The van der Waals surface area contributed by atoms with Crippen molar-refractivity contribution in [2.75, 3.05) is 27.2 Å². The number of rotatable bonds is 5. The molecule has 0 amide bonds. The lowest BCUT2D eigenvalue weighted by Crippen LogP contribution is -2.44. The Bertz CT molecular complexity index is 576. The van der Waals surface area contributed by atoms with E-state index < -0.39 is 0 Å². The van der Waals surface area contributed by atoms with Crippen molar-refractivity contribution in [2.24, 2.45) is 0 Å². The fourth-order valence-electron chi connectivity index (χ4n) is 3.23. The van der Waals surface area contributed by atoms with E-state index >= 15 is 0 Å². The first-order valence-electron chi connectivity index (χ1n) is 8.14. The van der Waals surface area contributed by atoms with Gasteiger partial charge in [-0.1, -0.05) is 30.3 Å². The highest BCUT2D eigenvalue weighted by Gasteiger charge is 2.22. The Morgan fingerprint density at radius 1 is 1.18 bits per heavy atom. The summed E-state index contributed by atoms with van der Waals surface area (Å²) in [6, 6.07) is 11.3. The molecule has 22 heavy (non-hydrogen) atoms. The molecule has 1 aromatic heterocycles. The average Bonchev–Trinajstić information content (AvgIpc) is 2.95. The van der Waals surface area contributed by atoms with Gasteiger partial charge in [-0.3, -0.25) is 4.90 Å². The van der Waals surface area contributed by atoms with E-state index in [1.54, 1.807) is 0 Å². The van der Waals surface area contributed by atoms with Crippen LogP contribution < -0.4 is 0 Å². The summed E-state index contributed by atoms with van der Waals surface area (Å²) >= 11 is 0. The molecule has 2 aromatic rings. The lowest BCUT2D eigenvalue weighted by Gasteiger charge is -2.36. The van der Waals surface area contributed by atoms with E-state index in [0.29, 0.717) is 6.04 Å². The molecule has 3 rings (SSSR count). The van der Waals surface area contributed by atoms with Gasteiger partial charge in [0.2, 0.25) is 0 Å². The monoisotopic (exact) mass is 298 g/mol. The van der Waals surface area contributed by atoms with Crippen LogP contribution in [0, 0.1) is 0 Å². The Morgan fingerprint density at radius 3 is 2.77 bits per heavy atom. The summed E-state index contributed by atoms with van der Waals surface area (Å²) < 4.78 is 2.27. The zero-order valence-corrected chi connectivity index (χ0v) is 13.7. The molecule has 1 fully saturated rings. The lowest BCUT2D eigenvalue weighted by atomic mass is 10.0. The van der Waals surface area contributed by atoms with Crippen LogP contribution in [0.25, 0.3) is 0 Å². The number of likely N-dealkylation sites (tertiary alicyclic amines) is 1. The number of imidazole rings is 1. The van der Waals surface area contributed by atoms with Crippen molar-refractivity contribution in [3.8, 4) is 0 Å². The number of likely N-dealkylation sites (N-methyl/N-ethyl adjacent to an activating group) is 1. The van der Waals surface area contributed by atoms with Crippen molar-refractivity contribution in [1.29, 1.82) is 0 Å². The third-order valence-corrected chi connectivity index (χ3v) is 4.59. The fraction of sp³-hybridized carbons (Fsp3) is 0.500. The molecule has 1 aromatic carbocycles. The van der Waals surface area contributed by atoms with Gasteiger partial charge in [-0.25, -0.2) is 4.98 Å². The van der Waals surface area contributed by atoms with Gasteiger partial charge in [0.1, 0.15) is 0 Å². The molecule has 1 unspecified atom stereocenters. The first kappa shape index (κ1) is 15.3. The summed E-state index contributed by atoms with van der Waals surface area (Å²) in [5.74, 6) is 0. The van der Waals surface area contributed by atoms with Gasteiger partial charge < -0.3 is 9.47 Å². The Hall–Kier alpha value is -1.65. The van der Waals surface area contributed by atoms with Gasteiger partial charge >= 0.3 is 0 Å². The first-order chi connectivity index (χ1) is 10.7. The summed E-state index contributed by atoms with van der Waals surface area (Å²) in [4.78, 5) is 9.28. The van der Waals surface area contributed by atoms with Gasteiger partial charge in [0.05, 0.1) is 12.0 Å². The normalized spacial score (nSPS) is 19.7. The summed E-state index contributed by atoms with van der Waals surface area (Å²) in [6.45, 7) is 4.25. The van der Waals surface area contributed by atoms with Gasteiger partial charge in [-0.2, -0.15) is 0 Å². The summed E-state index contributed by atoms with van der Waals surface area (Å²) in [5.41, 5.74) is 2.63. The van der Waals surface area contributed by atoms with Crippen LogP contribution >= 0.6 is 0 Å². The Labute approximate surface area is 133 Å². The number of hydrogen-bond donors (Lipinski definition) is 0. The molecule has 4 heteroatoms. The SMILES string of the molecule is CN(C)C1CCCN(Cc2cncn2Cc2ccccc2)C1. The second-order valence-electron chi connectivity index (χ2n) is 6.49. The minimum atomic E-state index is 0.680. The molecule has 1 atom stereocenters. The number of benzene rings is 1. The van der Waals surface area contributed by atoms with Crippen molar-refractivity contribution < 1.29 is 0 Å². The molecule has 118 valence electrons. The number of hydrogen-bond acceptors (Lipinski definition) is 3. The lowest BCUT2D eigenvalue weighted by molar-refractivity contribution is 0.126. The van der Waals surface area contributed by atoms with Crippen LogP contribution in [-0.2, 0) is 13.1 Å². The van der Waals surface area contributed by atoms with E-state index in [1.165, 1.54) is 30.6 Å². The molecule has 0 bridgehead atoms. The predicted octanol–water partition coefficient (Wildman–Crippen LogP) is 2.46. The van der Waals surface area contributed by atoms with E-state index in [-0.39, 0.29) is 0 Å². The maximum atomic E-state index is 4.36. The van der Waals surface area contributed by atoms with Crippen LogP contribution in [0.3, 0.4) is 0 Å². The Morgan fingerprint density at radius 2 is 2.00 bits per heavy atom. The molecular weight excluding hydrogens is 272 g/mol. The van der Waals surface area contributed by atoms with Gasteiger partial charge in [-0.05, 0) is 39.0 Å². The smallest absolute Gasteiger partial charge is 0.0951 e. The maximum Gasteiger partial charge on any atom is 0.0951 e. The zero-order chi connectivity index (χ0) is 15.4. The fourth-order valence-corrected chi connectivity index (χ4v) is 3.23. The molecule has 2 heterocycles. The topological polar surface area (TPSA) is 24.3 Å². The van der Waals surface area contributed by atoms with Gasteiger partial charge in [0, 0.05) is 31.9 Å². The standard InChI is InChI=1S/C18H26N4/c1-20(2)17-9-6-10-21(13-17)14-18-11-19-15-22(18)12-16-7-4-3-5-8-16/h3-5,7-8,11,15,17H,6,9-10,12-14H2,1-2H3. The van der Waals surface area contributed by atoms with Crippen molar-refractivity contribution in [3.63, 3.8) is 0 Å².